The van der Waals surface area contributed by atoms with E-state index in [4.69, 9.17) is 0 Å². The highest BCUT2D eigenvalue weighted by molar-refractivity contribution is 5.84. The number of hydrogen-bond donors (Lipinski definition) is 2. The van der Waals surface area contributed by atoms with E-state index in [0.29, 0.717) is 6.42 Å². The Bertz CT molecular complexity index is 430. The number of carbonyl (C=O) groups is 2. The van der Waals surface area contributed by atoms with Crippen molar-refractivity contribution in [3.63, 3.8) is 0 Å². The van der Waals surface area contributed by atoms with Crippen molar-refractivity contribution in [1.82, 2.24) is 5.32 Å². The van der Waals surface area contributed by atoms with E-state index in [1.807, 2.05) is 37.3 Å². The zero-order valence-electron chi connectivity index (χ0n) is 11.6. The first-order valence-electron chi connectivity index (χ1n) is 6.46. The van der Waals surface area contributed by atoms with Crippen LogP contribution in [0.15, 0.2) is 30.3 Å². The lowest BCUT2D eigenvalue weighted by atomic mass is 9.83. The van der Waals surface area contributed by atoms with Gasteiger partial charge in [-0.15, -0.1) is 0 Å². The van der Waals surface area contributed by atoms with Crippen LogP contribution in [-0.4, -0.2) is 24.0 Å². The van der Waals surface area contributed by atoms with Gasteiger partial charge < -0.3 is 10.4 Å². The molecule has 0 spiro atoms. The average molecular weight is 263 g/mol. The molecule has 0 fully saturated rings. The van der Waals surface area contributed by atoms with Crippen molar-refractivity contribution in [2.24, 2.45) is 11.8 Å². The molecule has 0 saturated carbocycles. The fourth-order valence-corrected chi connectivity index (χ4v) is 2.23. The van der Waals surface area contributed by atoms with Gasteiger partial charge in [0.15, 0.2) is 0 Å². The summed E-state index contributed by atoms with van der Waals surface area (Å²) in [5.41, 5.74) is 1.10. The maximum Gasteiger partial charge on any atom is 0.307 e. The molecule has 0 aliphatic heterocycles. The number of hydrogen-bond acceptors (Lipinski definition) is 2. The number of amides is 1. The number of rotatable bonds is 6. The molecule has 19 heavy (non-hydrogen) atoms. The summed E-state index contributed by atoms with van der Waals surface area (Å²) in [7, 11) is 1.53. The molecule has 2 N–H and O–H groups in total. The first-order chi connectivity index (χ1) is 8.97. The molecule has 1 rings (SSSR count). The topological polar surface area (TPSA) is 66.4 Å². The lowest BCUT2D eigenvalue weighted by Gasteiger charge is -2.22. The van der Waals surface area contributed by atoms with Crippen LogP contribution in [0.5, 0.6) is 0 Å². The largest absolute Gasteiger partial charge is 0.481 e. The quantitative estimate of drug-likeness (QED) is 0.827. The minimum absolute atomic E-state index is 0.106. The normalized spacial score (nSPS) is 15.3. The van der Waals surface area contributed by atoms with E-state index in [0.717, 1.165) is 5.56 Å². The highest BCUT2D eigenvalue weighted by Crippen LogP contribution is 2.27. The van der Waals surface area contributed by atoms with Crippen LogP contribution in [0.25, 0.3) is 0 Å². The van der Waals surface area contributed by atoms with Crippen molar-refractivity contribution in [2.75, 3.05) is 7.05 Å². The number of nitrogens with one attached hydrogen (secondary N) is 1. The van der Waals surface area contributed by atoms with Gasteiger partial charge in [0.05, 0.1) is 5.92 Å². The molecule has 4 nitrogen and oxygen atoms in total. The molecule has 4 heteroatoms. The van der Waals surface area contributed by atoms with Gasteiger partial charge in [-0.2, -0.15) is 0 Å². The second-order valence-corrected chi connectivity index (χ2v) is 4.90. The molecule has 0 bridgehead atoms. The van der Waals surface area contributed by atoms with Crippen LogP contribution in [0, 0.1) is 11.8 Å². The standard InChI is InChI=1S/C15H21NO3/c1-10(12-7-5-4-6-8-12)9-13(15(18)19)11(2)14(17)16-3/h4-8,10-11,13H,9H2,1-3H3,(H,16,17)(H,18,19)/t10-,11+,13?/m1/s1. The third-order valence-electron chi connectivity index (χ3n) is 3.56. The third-order valence-corrected chi connectivity index (χ3v) is 3.56. The molecule has 1 unspecified atom stereocenters. The van der Waals surface area contributed by atoms with E-state index >= 15 is 0 Å². The Morgan fingerprint density at radius 3 is 2.26 bits per heavy atom. The maximum atomic E-state index is 11.6. The molecule has 0 aliphatic rings. The van der Waals surface area contributed by atoms with Gasteiger partial charge in [-0.25, -0.2) is 0 Å². The summed E-state index contributed by atoms with van der Waals surface area (Å²) in [6.07, 6.45) is 0.452. The first kappa shape index (κ1) is 15.2. The Morgan fingerprint density at radius 1 is 1.21 bits per heavy atom. The molecule has 0 aliphatic carbocycles. The minimum Gasteiger partial charge on any atom is -0.481 e. The Balaban J connectivity index is 2.79. The molecule has 104 valence electrons. The zero-order chi connectivity index (χ0) is 14.4. The molecular weight excluding hydrogens is 242 g/mol. The summed E-state index contributed by atoms with van der Waals surface area (Å²) in [5.74, 6) is -2.25. The maximum absolute atomic E-state index is 11.6. The SMILES string of the molecule is CNC(=O)[C@@H](C)C(C[C@@H](C)c1ccccc1)C(=O)O. The van der Waals surface area contributed by atoms with Gasteiger partial charge in [0.2, 0.25) is 5.91 Å². The predicted molar refractivity (Wildman–Crippen MR) is 73.8 cm³/mol. The van der Waals surface area contributed by atoms with Gasteiger partial charge in [-0.1, -0.05) is 44.2 Å². The molecule has 1 aromatic carbocycles. The molecule has 0 radical (unpaired) electrons. The van der Waals surface area contributed by atoms with Crippen LogP contribution in [0.3, 0.4) is 0 Å². The molecular formula is C15H21NO3. The van der Waals surface area contributed by atoms with Crippen LogP contribution in [-0.2, 0) is 9.59 Å². The van der Waals surface area contributed by atoms with Gasteiger partial charge in [-0.3, -0.25) is 9.59 Å². The monoisotopic (exact) mass is 263 g/mol. The van der Waals surface area contributed by atoms with Crippen LogP contribution in [0.2, 0.25) is 0 Å². The van der Waals surface area contributed by atoms with E-state index < -0.39 is 17.8 Å². The van der Waals surface area contributed by atoms with E-state index in [-0.39, 0.29) is 11.8 Å². The van der Waals surface area contributed by atoms with Gasteiger partial charge in [0.1, 0.15) is 0 Å². The fraction of sp³-hybridized carbons (Fsp3) is 0.467. The van der Waals surface area contributed by atoms with E-state index in [1.54, 1.807) is 6.92 Å². The first-order valence-corrected chi connectivity index (χ1v) is 6.46. The zero-order valence-corrected chi connectivity index (χ0v) is 11.6. The fourth-order valence-electron chi connectivity index (χ4n) is 2.23. The second kappa shape index (κ2) is 6.92. The van der Waals surface area contributed by atoms with Crippen molar-refractivity contribution in [3.05, 3.63) is 35.9 Å². The lowest BCUT2D eigenvalue weighted by molar-refractivity contribution is -0.147. The number of benzene rings is 1. The highest BCUT2D eigenvalue weighted by atomic mass is 16.4. The van der Waals surface area contributed by atoms with E-state index in [9.17, 15) is 14.7 Å². The van der Waals surface area contributed by atoms with Crippen LogP contribution in [0.1, 0.15) is 31.7 Å². The van der Waals surface area contributed by atoms with Crippen LogP contribution >= 0.6 is 0 Å². The smallest absolute Gasteiger partial charge is 0.307 e. The van der Waals surface area contributed by atoms with Crippen molar-refractivity contribution in [1.29, 1.82) is 0 Å². The van der Waals surface area contributed by atoms with Gasteiger partial charge in [-0.05, 0) is 17.9 Å². The Hall–Kier alpha value is -1.84. The average Bonchev–Trinajstić information content (AvgIpc) is 2.43. The predicted octanol–water partition coefficient (Wildman–Crippen LogP) is 2.26. The highest BCUT2D eigenvalue weighted by Gasteiger charge is 2.31. The summed E-state index contributed by atoms with van der Waals surface area (Å²) in [6, 6.07) is 9.76. The second-order valence-electron chi connectivity index (χ2n) is 4.90. The summed E-state index contributed by atoms with van der Waals surface area (Å²) >= 11 is 0. The summed E-state index contributed by atoms with van der Waals surface area (Å²) in [6.45, 7) is 3.65. The van der Waals surface area contributed by atoms with Crippen LogP contribution < -0.4 is 5.32 Å². The van der Waals surface area contributed by atoms with Crippen molar-refractivity contribution in [3.8, 4) is 0 Å². The van der Waals surface area contributed by atoms with Crippen LogP contribution in [0.4, 0.5) is 0 Å². The molecule has 0 saturated heterocycles. The van der Waals surface area contributed by atoms with Gasteiger partial charge in [0.25, 0.3) is 0 Å². The Labute approximate surface area is 113 Å². The van der Waals surface area contributed by atoms with Gasteiger partial charge in [0, 0.05) is 13.0 Å². The summed E-state index contributed by atoms with van der Waals surface area (Å²) < 4.78 is 0. The number of aliphatic carboxylic acids is 1. The van der Waals surface area contributed by atoms with E-state index in [2.05, 4.69) is 5.32 Å². The molecule has 1 amide bonds. The molecule has 0 heterocycles. The van der Waals surface area contributed by atoms with Gasteiger partial charge >= 0.3 is 5.97 Å². The third kappa shape index (κ3) is 4.09. The lowest BCUT2D eigenvalue weighted by Crippen LogP contribution is -2.35. The molecule has 3 atom stereocenters. The van der Waals surface area contributed by atoms with E-state index in [1.165, 1.54) is 7.05 Å². The summed E-state index contributed by atoms with van der Waals surface area (Å²) in [5, 5.41) is 11.8. The molecule has 1 aromatic rings. The number of carboxylic acid groups (broad SMARTS) is 1. The van der Waals surface area contributed by atoms with Crippen molar-refractivity contribution < 1.29 is 14.7 Å². The van der Waals surface area contributed by atoms with Crippen molar-refractivity contribution in [2.45, 2.75) is 26.2 Å². The minimum atomic E-state index is -0.918. The number of carboxylic acids is 1. The Morgan fingerprint density at radius 2 is 1.79 bits per heavy atom. The summed E-state index contributed by atoms with van der Waals surface area (Å²) in [4.78, 5) is 22.9. The Kier molecular flexibility index (Phi) is 5.55. The van der Waals surface area contributed by atoms with Crippen molar-refractivity contribution >= 4 is 11.9 Å². The number of carbonyl (C=O) groups excluding carboxylic acids is 1. The molecule has 0 aromatic heterocycles.